The zero-order chi connectivity index (χ0) is 22.2. The highest BCUT2D eigenvalue weighted by Gasteiger charge is 2.27. The highest BCUT2D eigenvalue weighted by Crippen LogP contribution is 2.40. The van der Waals surface area contributed by atoms with E-state index in [0.717, 1.165) is 36.6 Å². The summed E-state index contributed by atoms with van der Waals surface area (Å²) < 4.78 is 29.6. The monoisotopic (exact) mass is 457 g/mol. The molecule has 0 spiro atoms. The molecule has 0 radical (unpaired) electrons. The number of halogens is 1. The van der Waals surface area contributed by atoms with Crippen LogP contribution in [0.25, 0.3) is 22.4 Å². The molecule has 9 heteroatoms. The van der Waals surface area contributed by atoms with Crippen LogP contribution in [-0.2, 0) is 10.0 Å². The molecule has 7 nitrogen and oxygen atoms in total. The molecule has 1 saturated carbocycles. The molecule has 0 amide bonds. The Morgan fingerprint density at radius 2 is 1.87 bits per heavy atom. The van der Waals surface area contributed by atoms with E-state index in [-0.39, 0.29) is 17.0 Å². The fourth-order valence-corrected chi connectivity index (χ4v) is 5.61. The van der Waals surface area contributed by atoms with Gasteiger partial charge in [-0.3, -0.25) is 0 Å². The van der Waals surface area contributed by atoms with Crippen molar-refractivity contribution in [2.45, 2.75) is 62.9 Å². The summed E-state index contributed by atoms with van der Waals surface area (Å²) in [6.07, 6.45) is 8.06. The van der Waals surface area contributed by atoms with E-state index in [0.29, 0.717) is 22.1 Å². The van der Waals surface area contributed by atoms with Gasteiger partial charge in [-0.15, -0.1) is 0 Å². The van der Waals surface area contributed by atoms with Crippen LogP contribution in [0.15, 0.2) is 35.5 Å². The number of benzene rings is 1. The predicted molar refractivity (Wildman–Crippen MR) is 120 cm³/mol. The number of fused-ring (bicyclic) bond motifs is 1. The van der Waals surface area contributed by atoms with Gasteiger partial charge in [0.05, 0.1) is 23.5 Å². The largest absolute Gasteiger partial charge is 0.334 e. The maximum absolute atomic E-state index is 12.4. The molecule has 2 aromatic heterocycles. The van der Waals surface area contributed by atoms with Gasteiger partial charge in [-0.2, -0.15) is 5.26 Å². The van der Waals surface area contributed by atoms with Crippen molar-refractivity contribution < 1.29 is 8.42 Å². The molecule has 1 aliphatic carbocycles. The second-order valence-corrected chi connectivity index (χ2v) is 10.3. The smallest absolute Gasteiger partial charge is 0.243 e. The molecule has 1 N–H and O–H groups in total. The molecule has 3 aromatic rings. The Morgan fingerprint density at radius 3 is 2.48 bits per heavy atom. The van der Waals surface area contributed by atoms with Gasteiger partial charge in [0.2, 0.25) is 10.0 Å². The standard InChI is InChI=1S/C22H24ClN5O2S/c1-14(2)27-31(29,30)17-12-25-22(26-13-17)21-19(11-24)18-10-15(23)8-9-20(18)28(21)16-6-4-3-5-7-16/h8-10,12-14,16,27H,3-7H2,1-2H3. The highest BCUT2D eigenvalue weighted by atomic mass is 35.5. The van der Waals surface area contributed by atoms with Crippen LogP contribution in [0.2, 0.25) is 5.02 Å². The number of rotatable bonds is 5. The number of hydrogen-bond donors (Lipinski definition) is 1. The molecule has 1 fully saturated rings. The van der Waals surface area contributed by atoms with E-state index < -0.39 is 10.0 Å². The summed E-state index contributed by atoms with van der Waals surface area (Å²) in [6, 6.07) is 7.84. The van der Waals surface area contributed by atoms with Crippen LogP contribution in [-0.4, -0.2) is 29.0 Å². The zero-order valence-electron chi connectivity index (χ0n) is 17.5. The maximum atomic E-state index is 12.4. The lowest BCUT2D eigenvalue weighted by molar-refractivity contribution is 0.362. The Balaban J connectivity index is 1.89. The zero-order valence-corrected chi connectivity index (χ0v) is 19.0. The van der Waals surface area contributed by atoms with Crippen molar-refractivity contribution in [1.82, 2.24) is 19.3 Å². The fraction of sp³-hybridized carbons (Fsp3) is 0.409. The first-order valence-electron chi connectivity index (χ1n) is 10.4. The molecule has 0 bridgehead atoms. The number of nitriles is 1. The number of sulfonamides is 1. The van der Waals surface area contributed by atoms with Crippen LogP contribution in [0.4, 0.5) is 0 Å². The lowest BCUT2D eigenvalue weighted by atomic mass is 9.95. The lowest BCUT2D eigenvalue weighted by Crippen LogP contribution is -2.30. The Labute approximate surface area is 187 Å². The van der Waals surface area contributed by atoms with Gasteiger partial charge >= 0.3 is 0 Å². The van der Waals surface area contributed by atoms with Gasteiger partial charge < -0.3 is 4.57 Å². The number of nitrogens with zero attached hydrogens (tertiary/aromatic N) is 4. The molecule has 4 rings (SSSR count). The van der Waals surface area contributed by atoms with Gasteiger partial charge in [0.1, 0.15) is 16.7 Å². The van der Waals surface area contributed by atoms with Crippen LogP contribution < -0.4 is 4.72 Å². The minimum Gasteiger partial charge on any atom is -0.334 e. The SMILES string of the molecule is CC(C)NS(=O)(=O)c1cnc(-c2c(C#N)c3cc(Cl)ccc3n2C2CCCCC2)nc1. The first kappa shape index (κ1) is 21.8. The van der Waals surface area contributed by atoms with Gasteiger partial charge in [-0.1, -0.05) is 30.9 Å². The first-order valence-corrected chi connectivity index (χ1v) is 12.3. The third-order valence-corrected chi connectivity index (χ3v) is 7.41. The molecule has 162 valence electrons. The molecule has 0 atom stereocenters. The van der Waals surface area contributed by atoms with E-state index in [1.54, 1.807) is 19.9 Å². The van der Waals surface area contributed by atoms with Crippen LogP contribution >= 0.6 is 11.6 Å². The summed E-state index contributed by atoms with van der Waals surface area (Å²) >= 11 is 6.23. The average Bonchev–Trinajstić information content (AvgIpc) is 3.07. The second kappa shape index (κ2) is 8.58. The quantitative estimate of drug-likeness (QED) is 0.592. The summed E-state index contributed by atoms with van der Waals surface area (Å²) in [7, 11) is -3.70. The predicted octanol–water partition coefficient (Wildman–Crippen LogP) is 4.82. The fourth-order valence-electron chi connectivity index (χ4n) is 4.29. The van der Waals surface area contributed by atoms with Crippen molar-refractivity contribution in [2.75, 3.05) is 0 Å². The summed E-state index contributed by atoms with van der Waals surface area (Å²) in [5.74, 6) is 0.331. The number of nitrogens with one attached hydrogen (secondary N) is 1. The molecule has 1 aromatic carbocycles. The molecule has 0 saturated heterocycles. The van der Waals surface area contributed by atoms with E-state index in [4.69, 9.17) is 11.6 Å². The summed E-state index contributed by atoms with van der Waals surface area (Å²) in [5.41, 5.74) is 2.00. The van der Waals surface area contributed by atoms with E-state index in [9.17, 15) is 13.7 Å². The van der Waals surface area contributed by atoms with Crippen LogP contribution in [0, 0.1) is 11.3 Å². The van der Waals surface area contributed by atoms with Gasteiger partial charge in [0, 0.05) is 22.5 Å². The minimum absolute atomic E-state index is 0.00757. The number of hydrogen-bond acceptors (Lipinski definition) is 5. The third-order valence-electron chi connectivity index (χ3n) is 5.56. The van der Waals surface area contributed by atoms with E-state index in [1.165, 1.54) is 18.8 Å². The van der Waals surface area contributed by atoms with Crippen molar-refractivity contribution >= 4 is 32.5 Å². The molecule has 31 heavy (non-hydrogen) atoms. The van der Waals surface area contributed by atoms with E-state index in [2.05, 4.69) is 25.3 Å². The Bertz CT molecular complexity index is 1250. The van der Waals surface area contributed by atoms with Gasteiger partial charge in [-0.25, -0.2) is 23.1 Å². The van der Waals surface area contributed by atoms with Crippen molar-refractivity contribution in [3.8, 4) is 17.6 Å². The van der Waals surface area contributed by atoms with Crippen LogP contribution in [0.3, 0.4) is 0 Å². The maximum Gasteiger partial charge on any atom is 0.243 e. The van der Waals surface area contributed by atoms with Crippen molar-refractivity contribution in [3.63, 3.8) is 0 Å². The third kappa shape index (κ3) is 4.18. The Morgan fingerprint density at radius 1 is 1.19 bits per heavy atom. The highest BCUT2D eigenvalue weighted by molar-refractivity contribution is 7.89. The van der Waals surface area contributed by atoms with Crippen molar-refractivity contribution in [3.05, 3.63) is 41.2 Å². The van der Waals surface area contributed by atoms with Crippen molar-refractivity contribution in [2.24, 2.45) is 0 Å². The Kier molecular flexibility index (Phi) is 6.02. The molecule has 0 aliphatic heterocycles. The summed E-state index contributed by atoms with van der Waals surface area (Å²) in [4.78, 5) is 8.73. The normalized spacial score (nSPS) is 15.5. The Hall–Kier alpha value is -2.47. The van der Waals surface area contributed by atoms with Gasteiger partial charge in [-0.05, 0) is 44.9 Å². The van der Waals surface area contributed by atoms with Crippen LogP contribution in [0.1, 0.15) is 57.6 Å². The average molecular weight is 458 g/mol. The number of aromatic nitrogens is 3. The molecule has 0 unspecified atom stereocenters. The second-order valence-electron chi connectivity index (χ2n) is 8.18. The lowest BCUT2D eigenvalue weighted by Gasteiger charge is -2.26. The molecule has 2 heterocycles. The molecular weight excluding hydrogens is 434 g/mol. The topological polar surface area (TPSA) is 101 Å². The van der Waals surface area contributed by atoms with E-state index >= 15 is 0 Å². The van der Waals surface area contributed by atoms with Crippen LogP contribution in [0.5, 0.6) is 0 Å². The molecule has 1 aliphatic rings. The molecular formula is C22H24ClN5O2S. The van der Waals surface area contributed by atoms with E-state index in [1.807, 2.05) is 12.1 Å². The first-order chi connectivity index (χ1) is 14.8. The van der Waals surface area contributed by atoms with Crippen molar-refractivity contribution in [1.29, 1.82) is 5.26 Å². The summed E-state index contributed by atoms with van der Waals surface area (Å²) in [6.45, 7) is 3.50. The summed E-state index contributed by atoms with van der Waals surface area (Å²) in [5, 5.41) is 11.3. The minimum atomic E-state index is -3.70. The van der Waals surface area contributed by atoms with Gasteiger partial charge in [0.25, 0.3) is 0 Å². The van der Waals surface area contributed by atoms with Gasteiger partial charge in [0.15, 0.2) is 5.82 Å².